The number of alkyl halides is 3. The second-order valence-electron chi connectivity index (χ2n) is 3.75. The zero-order chi connectivity index (χ0) is 13.3. The number of hydrogen-bond donors (Lipinski definition) is 0. The van der Waals surface area contributed by atoms with Crippen molar-refractivity contribution in [3.63, 3.8) is 0 Å². The summed E-state index contributed by atoms with van der Waals surface area (Å²) in [5, 5.41) is 0.635. The molecule has 1 aromatic heterocycles. The van der Waals surface area contributed by atoms with Gasteiger partial charge in [-0.3, -0.25) is 0 Å². The maximum atomic E-state index is 12.9. The molecule has 3 nitrogen and oxygen atoms in total. The van der Waals surface area contributed by atoms with Gasteiger partial charge in [0, 0.05) is 11.7 Å². The molecule has 0 amide bonds. The quantitative estimate of drug-likeness (QED) is 0.774. The van der Waals surface area contributed by atoms with Crippen molar-refractivity contribution in [2.75, 3.05) is 7.11 Å². The van der Waals surface area contributed by atoms with E-state index in [1.165, 1.54) is 18.3 Å². The lowest BCUT2D eigenvalue weighted by molar-refractivity contribution is -0.190. The number of para-hydroxylation sites is 1. The minimum Gasteiger partial charge on any atom is -0.467 e. The minimum atomic E-state index is -4.70. The van der Waals surface area contributed by atoms with Gasteiger partial charge in [-0.1, -0.05) is 18.2 Å². The van der Waals surface area contributed by atoms with Crippen LogP contribution >= 0.6 is 0 Å². The van der Waals surface area contributed by atoms with Gasteiger partial charge in [0.1, 0.15) is 0 Å². The van der Waals surface area contributed by atoms with Crippen molar-refractivity contribution in [2.24, 2.45) is 0 Å². The second-order valence-corrected chi connectivity index (χ2v) is 3.75. The van der Waals surface area contributed by atoms with Gasteiger partial charge < -0.3 is 9.30 Å². The van der Waals surface area contributed by atoms with Crippen LogP contribution in [0.25, 0.3) is 10.9 Å². The third-order valence-corrected chi connectivity index (χ3v) is 2.64. The van der Waals surface area contributed by atoms with Gasteiger partial charge in [0.05, 0.1) is 7.11 Å². The fourth-order valence-corrected chi connectivity index (χ4v) is 1.85. The number of fused-ring (bicyclic) bond motifs is 1. The number of benzene rings is 1. The summed E-state index contributed by atoms with van der Waals surface area (Å²) in [5.74, 6) is -1.33. The molecule has 0 saturated heterocycles. The molecule has 0 aliphatic rings. The number of ether oxygens (including phenoxy) is 1. The van der Waals surface area contributed by atoms with Gasteiger partial charge in [-0.15, -0.1) is 0 Å². The molecule has 0 unspecified atom stereocenters. The van der Waals surface area contributed by atoms with Gasteiger partial charge in [-0.05, 0) is 17.5 Å². The van der Waals surface area contributed by atoms with Crippen LogP contribution in [0.3, 0.4) is 0 Å². The minimum absolute atomic E-state index is 0.338. The van der Waals surface area contributed by atoms with Crippen LogP contribution in [0.1, 0.15) is 6.04 Å². The van der Waals surface area contributed by atoms with Crippen LogP contribution in [-0.2, 0) is 9.53 Å². The monoisotopic (exact) mass is 257 g/mol. The van der Waals surface area contributed by atoms with Crippen LogP contribution in [0.15, 0.2) is 36.5 Å². The molecule has 0 radical (unpaired) electrons. The molecule has 6 heteroatoms. The predicted octanol–water partition coefficient (Wildman–Crippen LogP) is 2.92. The number of carbonyl (C=O) groups is 1. The van der Waals surface area contributed by atoms with Crippen molar-refractivity contribution in [1.82, 2.24) is 4.57 Å². The number of esters is 1. The Balaban J connectivity index is 2.58. The number of methoxy groups -OCH3 is 1. The maximum Gasteiger partial charge on any atom is 0.419 e. The predicted molar refractivity (Wildman–Crippen MR) is 59.0 cm³/mol. The van der Waals surface area contributed by atoms with Crippen LogP contribution < -0.4 is 0 Å². The van der Waals surface area contributed by atoms with Crippen LogP contribution in [0.4, 0.5) is 13.2 Å². The normalized spacial score (nSPS) is 13.6. The van der Waals surface area contributed by atoms with E-state index in [0.717, 1.165) is 11.7 Å². The van der Waals surface area contributed by atoms with Crippen LogP contribution in [-0.4, -0.2) is 23.8 Å². The molecular formula is C12H10F3NO2. The van der Waals surface area contributed by atoms with Gasteiger partial charge in [-0.25, -0.2) is 4.79 Å². The standard InChI is InChI=1S/C12H10F3NO2/c1-18-11(17)10(12(13,14)15)16-7-6-8-4-2-3-5-9(8)16/h2-7,10H,1H3/t10-/m1/s1. The Morgan fingerprint density at radius 3 is 2.56 bits per heavy atom. The van der Waals surface area contributed by atoms with Gasteiger partial charge in [0.2, 0.25) is 6.04 Å². The SMILES string of the molecule is COC(=O)[C@@H](n1ccc2ccccc21)C(F)(F)F. The summed E-state index contributed by atoms with van der Waals surface area (Å²) in [4.78, 5) is 11.3. The van der Waals surface area contributed by atoms with Gasteiger partial charge >= 0.3 is 12.1 Å². The van der Waals surface area contributed by atoms with E-state index in [1.54, 1.807) is 18.2 Å². The Morgan fingerprint density at radius 2 is 1.94 bits per heavy atom. The lowest BCUT2D eigenvalue weighted by atomic mass is 10.2. The highest BCUT2D eigenvalue weighted by Crippen LogP contribution is 2.34. The van der Waals surface area contributed by atoms with Crippen molar-refractivity contribution in [3.05, 3.63) is 36.5 Å². The molecule has 2 rings (SSSR count). The molecule has 1 aromatic carbocycles. The Bertz CT molecular complexity index is 574. The van der Waals surface area contributed by atoms with E-state index in [0.29, 0.717) is 10.9 Å². The fourth-order valence-electron chi connectivity index (χ4n) is 1.85. The Kier molecular flexibility index (Phi) is 3.02. The van der Waals surface area contributed by atoms with Crippen LogP contribution in [0.5, 0.6) is 0 Å². The highest BCUT2D eigenvalue weighted by atomic mass is 19.4. The molecule has 0 N–H and O–H groups in total. The molecule has 18 heavy (non-hydrogen) atoms. The summed E-state index contributed by atoms with van der Waals surface area (Å²) in [5.41, 5.74) is 0.338. The van der Waals surface area contributed by atoms with Crippen LogP contribution in [0.2, 0.25) is 0 Å². The first-order valence-electron chi connectivity index (χ1n) is 5.15. The first-order valence-corrected chi connectivity index (χ1v) is 5.15. The van der Waals surface area contributed by atoms with Crippen molar-refractivity contribution in [2.45, 2.75) is 12.2 Å². The molecule has 1 atom stereocenters. The van der Waals surface area contributed by atoms with Crippen molar-refractivity contribution >= 4 is 16.9 Å². The van der Waals surface area contributed by atoms with E-state index >= 15 is 0 Å². The zero-order valence-corrected chi connectivity index (χ0v) is 9.44. The molecule has 0 aliphatic heterocycles. The number of aromatic nitrogens is 1. The average Bonchev–Trinajstić information content (AvgIpc) is 2.71. The van der Waals surface area contributed by atoms with Crippen molar-refractivity contribution in [3.8, 4) is 0 Å². The molecular weight excluding hydrogens is 247 g/mol. The fraction of sp³-hybridized carbons (Fsp3) is 0.250. The average molecular weight is 257 g/mol. The Labute approximate surface area is 101 Å². The third-order valence-electron chi connectivity index (χ3n) is 2.64. The van der Waals surface area contributed by atoms with Crippen LogP contribution in [0, 0.1) is 0 Å². The molecule has 0 aliphatic carbocycles. The molecule has 1 heterocycles. The molecule has 0 fully saturated rings. The third kappa shape index (κ3) is 2.05. The smallest absolute Gasteiger partial charge is 0.419 e. The lowest BCUT2D eigenvalue weighted by Crippen LogP contribution is -2.34. The largest absolute Gasteiger partial charge is 0.467 e. The molecule has 96 valence electrons. The number of rotatable bonds is 2. The summed E-state index contributed by atoms with van der Waals surface area (Å²) in [6.45, 7) is 0. The van der Waals surface area contributed by atoms with E-state index in [-0.39, 0.29) is 0 Å². The molecule has 0 bridgehead atoms. The Hall–Kier alpha value is -1.98. The van der Waals surface area contributed by atoms with E-state index in [4.69, 9.17) is 0 Å². The van der Waals surface area contributed by atoms with E-state index in [1.807, 2.05) is 0 Å². The Morgan fingerprint density at radius 1 is 1.28 bits per heavy atom. The maximum absolute atomic E-state index is 12.9. The molecule has 2 aromatic rings. The highest BCUT2D eigenvalue weighted by molar-refractivity contribution is 5.83. The summed E-state index contributed by atoms with van der Waals surface area (Å²) in [6.07, 6.45) is -3.46. The number of nitrogens with zero attached hydrogens (tertiary/aromatic N) is 1. The zero-order valence-electron chi connectivity index (χ0n) is 9.44. The summed E-state index contributed by atoms with van der Waals surface area (Å²) < 4.78 is 43.9. The first kappa shape index (κ1) is 12.5. The van der Waals surface area contributed by atoms with Gasteiger partial charge in [0.25, 0.3) is 0 Å². The van der Waals surface area contributed by atoms with E-state index < -0.39 is 18.2 Å². The highest BCUT2D eigenvalue weighted by Gasteiger charge is 2.47. The van der Waals surface area contributed by atoms with Gasteiger partial charge in [-0.2, -0.15) is 13.2 Å². The second kappa shape index (κ2) is 4.36. The molecule has 0 spiro atoms. The van der Waals surface area contributed by atoms with E-state index in [2.05, 4.69) is 4.74 Å². The van der Waals surface area contributed by atoms with Gasteiger partial charge in [0.15, 0.2) is 0 Å². The van der Waals surface area contributed by atoms with Crippen molar-refractivity contribution < 1.29 is 22.7 Å². The first-order chi connectivity index (χ1) is 8.45. The lowest BCUT2D eigenvalue weighted by Gasteiger charge is -2.20. The topological polar surface area (TPSA) is 31.2 Å². The van der Waals surface area contributed by atoms with E-state index in [9.17, 15) is 18.0 Å². The summed E-state index contributed by atoms with van der Waals surface area (Å²) in [6, 6.07) is 5.74. The summed E-state index contributed by atoms with van der Waals surface area (Å²) in [7, 11) is 0.937. The number of halogens is 3. The molecule has 0 saturated carbocycles. The van der Waals surface area contributed by atoms with Crippen molar-refractivity contribution in [1.29, 1.82) is 0 Å². The summed E-state index contributed by atoms with van der Waals surface area (Å²) >= 11 is 0. The number of hydrogen-bond acceptors (Lipinski definition) is 2. The number of carbonyl (C=O) groups excluding carboxylic acids is 1.